The molecule has 6 aromatic carbocycles. The molecule has 0 amide bonds. The van der Waals surface area contributed by atoms with E-state index in [9.17, 15) is 0 Å². The van der Waals surface area contributed by atoms with Crippen LogP contribution in [0.5, 0.6) is 5.75 Å². The van der Waals surface area contributed by atoms with Gasteiger partial charge in [0.2, 0.25) is 0 Å². The Bertz CT molecular complexity index is 3050. The fourth-order valence-electron chi connectivity index (χ4n) is 11.3. The lowest BCUT2D eigenvalue weighted by molar-refractivity contribution is 0.311. The Balaban J connectivity index is 1.05. The standard InChI is InChI=1S/C57H51NO/c1-34-14-13-16-41(28-34)58-50-25-21-37(38-19-22-43-42-17-10-11-18-47(42)56(4,5)48(43)31-38)30-46(50)53-36(3)29-40(33-51(53)58)39-20-23-44-45-24-26-52-54(35(2)15-9-8-12-27-59-52)55(45)57(6,7)49(44)32-39/h9-11,13-26,28-33,43,48H,2,8,12,27H2,1,3-7H3/b15-9-. The molecule has 59 heavy (non-hydrogen) atoms. The summed E-state index contributed by atoms with van der Waals surface area (Å²) in [6.45, 7) is 19.3. The van der Waals surface area contributed by atoms with Crippen LogP contribution in [0.2, 0.25) is 0 Å². The molecule has 2 heterocycles. The van der Waals surface area contributed by atoms with Gasteiger partial charge < -0.3 is 9.30 Å². The summed E-state index contributed by atoms with van der Waals surface area (Å²) in [6, 6.07) is 41.6. The number of aromatic nitrogens is 1. The predicted molar refractivity (Wildman–Crippen MR) is 249 cm³/mol. The third-order valence-electron chi connectivity index (χ3n) is 14.3. The Hall–Kier alpha value is -6.12. The molecule has 0 saturated carbocycles. The molecule has 2 nitrogen and oxygen atoms in total. The van der Waals surface area contributed by atoms with E-state index < -0.39 is 0 Å². The SMILES string of the molecule is C=C1/C=C\CCCOc2ccc3c(c21)C(C)(C)c1cc(-c2cc(C)c4c5cc(C6=CC7C(C=C6)c6ccccc6C7(C)C)ccc5n(-c5cccc(C)c5)c4c2)ccc1-3. The monoisotopic (exact) mass is 765 g/mol. The van der Waals surface area contributed by atoms with E-state index in [4.69, 9.17) is 4.74 Å². The molecule has 1 aliphatic heterocycles. The first kappa shape index (κ1) is 36.0. The fraction of sp³-hybridized carbons (Fsp3) is 0.228. The molecule has 0 radical (unpaired) electrons. The van der Waals surface area contributed by atoms with E-state index in [1.165, 1.54) is 94.3 Å². The van der Waals surface area contributed by atoms with Gasteiger partial charge in [0.25, 0.3) is 0 Å². The highest BCUT2D eigenvalue weighted by atomic mass is 16.5. The second-order valence-electron chi connectivity index (χ2n) is 18.6. The highest BCUT2D eigenvalue weighted by molar-refractivity contribution is 6.13. The molecule has 4 aliphatic rings. The number of ether oxygens (including phenoxy) is 1. The minimum Gasteiger partial charge on any atom is -0.493 e. The van der Waals surface area contributed by atoms with E-state index in [1.54, 1.807) is 0 Å². The maximum absolute atomic E-state index is 6.39. The molecule has 0 spiro atoms. The van der Waals surface area contributed by atoms with Gasteiger partial charge in [-0.3, -0.25) is 0 Å². The quantitative estimate of drug-likeness (QED) is 0.175. The van der Waals surface area contributed by atoms with Crippen molar-refractivity contribution in [2.75, 3.05) is 6.61 Å². The summed E-state index contributed by atoms with van der Waals surface area (Å²) in [5.41, 5.74) is 21.5. The molecule has 7 aromatic rings. The summed E-state index contributed by atoms with van der Waals surface area (Å²) >= 11 is 0. The number of nitrogens with zero attached hydrogens (tertiary/aromatic N) is 1. The Labute approximate surface area is 348 Å². The molecular formula is C57H51NO. The molecule has 1 aromatic heterocycles. The van der Waals surface area contributed by atoms with E-state index >= 15 is 0 Å². The minimum atomic E-state index is -0.231. The third-order valence-corrected chi connectivity index (χ3v) is 14.3. The van der Waals surface area contributed by atoms with Gasteiger partial charge in [0.1, 0.15) is 5.75 Å². The van der Waals surface area contributed by atoms with Gasteiger partial charge in [0, 0.05) is 33.4 Å². The highest BCUT2D eigenvalue weighted by Gasteiger charge is 2.45. The lowest BCUT2D eigenvalue weighted by Gasteiger charge is -2.31. The average molecular weight is 766 g/mol. The van der Waals surface area contributed by atoms with Crippen LogP contribution >= 0.6 is 0 Å². The normalized spacial score (nSPS) is 20.1. The van der Waals surface area contributed by atoms with Crippen molar-refractivity contribution < 1.29 is 4.74 Å². The average Bonchev–Trinajstić information content (AvgIpc) is 3.80. The molecule has 11 rings (SSSR count). The second kappa shape index (κ2) is 12.9. The summed E-state index contributed by atoms with van der Waals surface area (Å²) in [4.78, 5) is 0. The molecule has 0 bridgehead atoms. The largest absolute Gasteiger partial charge is 0.493 e. The van der Waals surface area contributed by atoms with Crippen LogP contribution in [0.3, 0.4) is 0 Å². The summed E-state index contributed by atoms with van der Waals surface area (Å²) in [7, 11) is 0. The minimum absolute atomic E-state index is 0.0725. The molecule has 0 fully saturated rings. The number of aryl methyl sites for hydroxylation is 2. The third kappa shape index (κ3) is 5.31. The number of benzene rings is 6. The topological polar surface area (TPSA) is 14.2 Å². The Morgan fingerprint density at radius 2 is 1.56 bits per heavy atom. The number of fused-ring (bicyclic) bond motifs is 11. The van der Waals surface area contributed by atoms with Crippen LogP contribution < -0.4 is 4.74 Å². The van der Waals surface area contributed by atoms with Crippen LogP contribution in [0.15, 0.2) is 146 Å². The van der Waals surface area contributed by atoms with E-state index in [0.29, 0.717) is 18.4 Å². The molecular weight excluding hydrogens is 715 g/mol. The van der Waals surface area contributed by atoms with Gasteiger partial charge in [0.15, 0.2) is 0 Å². The Morgan fingerprint density at radius 3 is 2.42 bits per heavy atom. The van der Waals surface area contributed by atoms with E-state index in [-0.39, 0.29) is 10.8 Å². The molecule has 0 saturated heterocycles. The van der Waals surface area contributed by atoms with Crippen molar-refractivity contribution in [2.24, 2.45) is 5.92 Å². The van der Waals surface area contributed by atoms with Crippen molar-refractivity contribution in [1.29, 1.82) is 0 Å². The molecule has 2 atom stereocenters. The van der Waals surface area contributed by atoms with Crippen LogP contribution in [0.25, 0.3) is 60.9 Å². The maximum Gasteiger partial charge on any atom is 0.127 e. The van der Waals surface area contributed by atoms with Crippen molar-refractivity contribution >= 4 is 33.0 Å². The highest BCUT2D eigenvalue weighted by Crippen LogP contribution is 2.56. The summed E-state index contributed by atoms with van der Waals surface area (Å²) in [5.74, 6) is 1.79. The van der Waals surface area contributed by atoms with Crippen LogP contribution in [0.4, 0.5) is 0 Å². The fourth-order valence-corrected chi connectivity index (χ4v) is 11.3. The van der Waals surface area contributed by atoms with Crippen LogP contribution in [0.1, 0.15) is 91.0 Å². The summed E-state index contributed by atoms with van der Waals surface area (Å²) < 4.78 is 8.88. The zero-order chi connectivity index (χ0) is 40.4. The molecule has 3 aliphatic carbocycles. The second-order valence-corrected chi connectivity index (χ2v) is 18.6. The van der Waals surface area contributed by atoms with Gasteiger partial charge in [-0.2, -0.15) is 0 Å². The molecule has 2 heteroatoms. The Morgan fingerprint density at radius 1 is 0.729 bits per heavy atom. The van der Waals surface area contributed by atoms with Gasteiger partial charge in [-0.05, 0) is 153 Å². The van der Waals surface area contributed by atoms with E-state index in [0.717, 1.165) is 29.7 Å². The van der Waals surface area contributed by atoms with Crippen molar-refractivity contribution in [3.05, 3.63) is 191 Å². The maximum atomic E-state index is 6.39. The first-order valence-corrected chi connectivity index (χ1v) is 21.5. The van der Waals surface area contributed by atoms with Crippen molar-refractivity contribution in [3.63, 3.8) is 0 Å². The lowest BCUT2D eigenvalue weighted by Crippen LogP contribution is -2.25. The number of rotatable bonds is 3. The zero-order valence-corrected chi connectivity index (χ0v) is 35.1. The zero-order valence-electron chi connectivity index (χ0n) is 35.1. The first-order valence-electron chi connectivity index (χ1n) is 21.5. The summed E-state index contributed by atoms with van der Waals surface area (Å²) in [5, 5.41) is 2.61. The van der Waals surface area contributed by atoms with Gasteiger partial charge in [0.05, 0.1) is 17.6 Å². The van der Waals surface area contributed by atoms with Crippen LogP contribution in [0, 0.1) is 19.8 Å². The smallest absolute Gasteiger partial charge is 0.127 e. The molecule has 2 unspecified atom stereocenters. The van der Waals surface area contributed by atoms with Crippen LogP contribution in [-0.2, 0) is 10.8 Å². The molecule has 290 valence electrons. The van der Waals surface area contributed by atoms with E-state index in [1.807, 2.05) is 0 Å². The van der Waals surface area contributed by atoms with Crippen molar-refractivity contribution in [1.82, 2.24) is 4.57 Å². The number of hydrogen-bond acceptors (Lipinski definition) is 1. The predicted octanol–water partition coefficient (Wildman–Crippen LogP) is 14.8. The number of hydrogen-bond donors (Lipinski definition) is 0. The Kier molecular flexibility index (Phi) is 7.89. The van der Waals surface area contributed by atoms with Crippen molar-refractivity contribution in [3.8, 4) is 33.7 Å². The summed E-state index contributed by atoms with van der Waals surface area (Å²) in [6.07, 6.45) is 13.8. The van der Waals surface area contributed by atoms with Gasteiger partial charge in [-0.15, -0.1) is 0 Å². The van der Waals surface area contributed by atoms with Gasteiger partial charge >= 0.3 is 0 Å². The lowest BCUT2D eigenvalue weighted by atomic mass is 9.73. The van der Waals surface area contributed by atoms with Gasteiger partial charge in [-0.1, -0.05) is 131 Å². The van der Waals surface area contributed by atoms with E-state index in [2.05, 4.69) is 192 Å². The van der Waals surface area contributed by atoms with Crippen LogP contribution in [-0.4, -0.2) is 11.2 Å². The first-order chi connectivity index (χ1) is 28.5. The van der Waals surface area contributed by atoms with Gasteiger partial charge in [-0.25, -0.2) is 0 Å². The molecule has 0 N–H and O–H groups in total. The number of allylic oxidation sites excluding steroid dienone is 7. The van der Waals surface area contributed by atoms with Crippen molar-refractivity contribution in [2.45, 2.75) is 71.1 Å².